The van der Waals surface area contributed by atoms with Crippen LogP contribution < -0.4 is 5.32 Å². The van der Waals surface area contributed by atoms with Gasteiger partial charge in [0.25, 0.3) is 5.91 Å². The molecule has 0 aliphatic carbocycles. The first-order chi connectivity index (χ1) is 12.1. The van der Waals surface area contributed by atoms with Gasteiger partial charge >= 0.3 is 0 Å². The summed E-state index contributed by atoms with van der Waals surface area (Å²) in [7, 11) is 1.91. The maximum absolute atomic E-state index is 12.9. The number of hydrogen-bond donors (Lipinski definition) is 1. The van der Waals surface area contributed by atoms with Crippen LogP contribution in [-0.2, 0) is 4.79 Å². The third-order valence-electron chi connectivity index (χ3n) is 5.35. The highest BCUT2D eigenvalue weighted by molar-refractivity contribution is 6.30. The molecule has 0 bridgehead atoms. The second-order valence-corrected chi connectivity index (χ2v) is 7.46. The van der Waals surface area contributed by atoms with Crippen LogP contribution in [0.2, 0.25) is 5.02 Å². The molecule has 0 radical (unpaired) electrons. The minimum Gasteiger partial charge on any atom is -0.342 e. The number of rotatable bonds is 3. The van der Waals surface area contributed by atoms with Gasteiger partial charge in [0.15, 0.2) is 0 Å². The van der Waals surface area contributed by atoms with Crippen molar-refractivity contribution < 1.29 is 9.59 Å². The molecule has 0 spiro atoms. The van der Waals surface area contributed by atoms with Crippen LogP contribution in [-0.4, -0.2) is 60.9 Å². The van der Waals surface area contributed by atoms with E-state index in [2.05, 4.69) is 5.32 Å². The summed E-state index contributed by atoms with van der Waals surface area (Å²) in [6, 6.07) is 7.27. The number of hydrogen-bond acceptors (Lipinski definition) is 3. The third-order valence-corrected chi connectivity index (χ3v) is 5.61. The minimum absolute atomic E-state index is 0. The molecule has 2 fully saturated rings. The van der Waals surface area contributed by atoms with Gasteiger partial charge in [0.05, 0.1) is 5.92 Å². The van der Waals surface area contributed by atoms with Crippen molar-refractivity contribution in [2.24, 2.45) is 5.92 Å². The number of piperidine rings is 2. The minimum atomic E-state index is -0.0927. The number of benzene rings is 1. The summed E-state index contributed by atoms with van der Waals surface area (Å²) in [6.45, 7) is 3.15. The fraction of sp³-hybridized carbons (Fsp3) is 0.579. The Kier molecular flexibility index (Phi) is 7.74. The first kappa shape index (κ1) is 21.0. The molecule has 7 heteroatoms. The average Bonchev–Trinajstić information content (AvgIpc) is 2.67. The highest BCUT2D eigenvalue weighted by Crippen LogP contribution is 2.23. The molecular formula is C19H27Cl2N3O2. The largest absolute Gasteiger partial charge is 0.342 e. The molecule has 0 aromatic heterocycles. The number of nitrogens with zero attached hydrogens (tertiary/aromatic N) is 2. The molecule has 1 aromatic rings. The van der Waals surface area contributed by atoms with Crippen molar-refractivity contribution in [2.75, 3.05) is 33.2 Å². The zero-order valence-corrected chi connectivity index (χ0v) is 16.7. The Morgan fingerprint density at radius 3 is 2.46 bits per heavy atom. The number of carbonyl (C=O) groups excluding carboxylic acids is 2. The Hall–Kier alpha value is -1.30. The SMILES string of the molecule is CN(C(=O)C1CCCN(C(=O)c2ccc(Cl)cc2)C1)C1CCNCC1.Cl. The van der Waals surface area contributed by atoms with Crippen LogP contribution >= 0.6 is 24.0 Å². The van der Waals surface area contributed by atoms with E-state index in [1.165, 1.54) is 0 Å². The topological polar surface area (TPSA) is 52.7 Å². The van der Waals surface area contributed by atoms with E-state index >= 15 is 0 Å². The molecule has 1 atom stereocenters. The summed E-state index contributed by atoms with van der Waals surface area (Å²) in [6.07, 6.45) is 3.74. The molecule has 26 heavy (non-hydrogen) atoms. The number of amides is 2. The van der Waals surface area contributed by atoms with E-state index in [1.54, 1.807) is 24.3 Å². The smallest absolute Gasteiger partial charge is 0.253 e. The van der Waals surface area contributed by atoms with E-state index in [0.717, 1.165) is 38.8 Å². The van der Waals surface area contributed by atoms with E-state index < -0.39 is 0 Å². The normalized spacial score (nSPS) is 21.0. The Balaban J connectivity index is 0.00000243. The Bertz CT molecular complexity index is 618. The van der Waals surface area contributed by atoms with Crippen molar-refractivity contribution in [1.82, 2.24) is 15.1 Å². The molecule has 0 saturated carbocycles. The van der Waals surface area contributed by atoms with Crippen molar-refractivity contribution in [3.63, 3.8) is 0 Å². The number of carbonyl (C=O) groups is 2. The maximum Gasteiger partial charge on any atom is 0.253 e. The van der Waals surface area contributed by atoms with E-state index in [9.17, 15) is 9.59 Å². The van der Waals surface area contributed by atoms with E-state index in [-0.39, 0.29) is 30.1 Å². The molecule has 1 unspecified atom stereocenters. The molecule has 2 aliphatic heterocycles. The average molecular weight is 400 g/mol. The Morgan fingerprint density at radius 1 is 1.15 bits per heavy atom. The molecule has 3 rings (SSSR count). The predicted molar refractivity (Wildman–Crippen MR) is 106 cm³/mol. The fourth-order valence-corrected chi connectivity index (χ4v) is 3.93. The van der Waals surface area contributed by atoms with Gasteiger partial charge in [-0.05, 0) is 63.0 Å². The van der Waals surface area contributed by atoms with Gasteiger partial charge in [-0.25, -0.2) is 0 Å². The highest BCUT2D eigenvalue weighted by atomic mass is 35.5. The summed E-state index contributed by atoms with van der Waals surface area (Å²) in [5.74, 6) is 0.0732. The van der Waals surface area contributed by atoms with Crippen LogP contribution in [0.5, 0.6) is 0 Å². The molecule has 1 N–H and O–H groups in total. The second kappa shape index (κ2) is 9.58. The van der Waals surface area contributed by atoms with Crippen LogP contribution in [0.3, 0.4) is 0 Å². The van der Waals surface area contributed by atoms with Crippen LogP contribution in [0, 0.1) is 5.92 Å². The van der Waals surface area contributed by atoms with Crippen LogP contribution in [0.25, 0.3) is 0 Å². The molecule has 1 aromatic carbocycles. The number of likely N-dealkylation sites (tertiary alicyclic amines) is 1. The quantitative estimate of drug-likeness (QED) is 0.849. The lowest BCUT2D eigenvalue weighted by atomic mass is 9.94. The molecule has 144 valence electrons. The number of halogens is 2. The van der Waals surface area contributed by atoms with Gasteiger partial charge in [0.1, 0.15) is 0 Å². The molecular weight excluding hydrogens is 373 g/mol. The predicted octanol–water partition coefficient (Wildman–Crippen LogP) is 2.82. The monoisotopic (exact) mass is 399 g/mol. The van der Waals surface area contributed by atoms with E-state index in [1.807, 2.05) is 16.8 Å². The lowest BCUT2D eigenvalue weighted by Gasteiger charge is -2.37. The van der Waals surface area contributed by atoms with Gasteiger partial charge in [0, 0.05) is 36.8 Å². The molecule has 2 amide bonds. The molecule has 2 saturated heterocycles. The first-order valence-electron chi connectivity index (χ1n) is 9.08. The van der Waals surface area contributed by atoms with Crippen molar-refractivity contribution in [3.05, 3.63) is 34.9 Å². The molecule has 5 nitrogen and oxygen atoms in total. The van der Waals surface area contributed by atoms with E-state index in [4.69, 9.17) is 11.6 Å². The van der Waals surface area contributed by atoms with Gasteiger partial charge in [-0.1, -0.05) is 11.6 Å². The van der Waals surface area contributed by atoms with Crippen LogP contribution in [0.4, 0.5) is 0 Å². The highest BCUT2D eigenvalue weighted by Gasteiger charge is 2.33. The van der Waals surface area contributed by atoms with Gasteiger partial charge in [-0.3, -0.25) is 9.59 Å². The summed E-state index contributed by atoms with van der Waals surface area (Å²) >= 11 is 5.90. The van der Waals surface area contributed by atoms with Crippen LogP contribution in [0.15, 0.2) is 24.3 Å². The Labute approximate surface area is 166 Å². The summed E-state index contributed by atoms with van der Waals surface area (Å²) < 4.78 is 0. The van der Waals surface area contributed by atoms with Gasteiger partial charge in [0.2, 0.25) is 5.91 Å². The third kappa shape index (κ3) is 4.90. The number of nitrogens with one attached hydrogen (secondary N) is 1. The lowest BCUT2D eigenvalue weighted by Crippen LogP contribution is -2.50. The van der Waals surface area contributed by atoms with Gasteiger partial charge in [-0.2, -0.15) is 0 Å². The summed E-state index contributed by atoms with van der Waals surface area (Å²) in [4.78, 5) is 29.3. The first-order valence-corrected chi connectivity index (χ1v) is 9.46. The second-order valence-electron chi connectivity index (χ2n) is 7.03. The molecule has 2 aliphatic rings. The zero-order valence-electron chi connectivity index (χ0n) is 15.1. The lowest BCUT2D eigenvalue weighted by molar-refractivity contribution is -0.138. The van der Waals surface area contributed by atoms with Crippen molar-refractivity contribution in [2.45, 2.75) is 31.7 Å². The summed E-state index contributed by atoms with van der Waals surface area (Å²) in [5, 5.41) is 3.95. The van der Waals surface area contributed by atoms with E-state index in [0.29, 0.717) is 29.7 Å². The van der Waals surface area contributed by atoms with Crippen molar-refractivity contribution >= 4 is 35.8 Å². The van der Waals surface area contributed by atoms with Crippen molar-refractivity contribution in [1.29, 1.82) is 0 Å². The fourth-order valence-electron chi connectivity index (χ4n) is 3.80. The van der Waals surface area contributed by atoms with Crippen LogP contribution in [0.1, 0.15) is 36.0 Å². The standard InChI is InChI=1S/C19H26ClN3O2.ClH/c1-22(17-8-10-21-11-9-17)18(24)15-3-2-12-23(13-15)19(25)14-4-6-16(20)7-5-14;/h4-7,15,17,21H,2-3,8-13H2,1H3;1H. The van der Waals surface area contributed by atoms with Gasteiger partial charge in [-0.15, -0.1) is 12.4 Å². The maximum atomic E-state index is 12.9. The van der Waals surface area contributed by atoms with Crippen molar-refractivity contribution in [3.8, 4) is 0 Å². The molecule has 2 heterocycles. The van der Waals surface area contributed by atoms with Gasteiger partial charge < -0.3 is 15.1 Å². The zero-order chi connectivity index (χ0) is 17.8. The summed E-state index contributed by atoms with van der Waals surface area (Å²) in [5.41, 5.74) is 0.629. The Morgan fingerprint density at radius 2 is 1.81 bits per heavy atom.